The van der Waals surface area contributed by atoms with E-state index in [0.717, 1.165) is 32.0 Å². The molecule has 2 fully saturated rings. The fraction of sp³-hybridized carbons (Fsp3) is 0.684. The van der Waals surface area contributed by atoms with Crippen molar-refractivity contribution in [3.8, 4) is 0 Å². The van der Waals surface area contributed by atoms with Gasteiger partial charge in [0.05, 0.1) is 0 Å². The maximum absolute atomic E-state index is 13.9. The first-order valence-corrected chi connectivity index (χ1v) is 9.74. The van der Waals surface area contributed by atoms with Gasteiger partial charge in [-0.15, -0.1) is 0 Å². The van der Waals surface area contributed by atoms with Gasteiger partial charge in [-0.2, -0.15) is 0 Å². The van der Waals surface area contributed by atoms with Crippen LogP contribution >= 0.6 is 0 Å². The van der Waals surface area contributed by atoms with Gasteiger partial charge in [0.2, 0.25) is 0 Å². The van der Waals surface area contributed by atoms with Gasteiger partial charge in [0, 0.05) is 45.5 Å². The summed E-state index contributed by atoms with van der Waals surface area (Å²) in [4.78, 5) is 13.1. The Morgan fingerprint density at radius 3 is 3.00 bits per heavy atom. The molecule has 0 radical (unpaired) electrons. The van der Waals surface area contributed by atoms with Crippen molar-refractivity contribution in [2.24, 2.45) is 10.9 Å². The molecule has 2 aliphatic rings. The van der Waals surface area contributed by atoms with E-state index in [1.165, 1.54) is 38.5 Å². The molecule has 2 unspecified atom stereocenters. The zero-order valence-electron chi connectivity index (χ0n) is 15.9. The van der Waals surface area contributed by atoms with Crippen molar-refractivity contribution < 1.29 is 4.39 Å². The molecule has 7 heteroatoms. The first-order chi connectivity index (χ1) is 12.7. The molecule has 0 spiro atoms. The second kappa shape index (κ2) is 9.16. The van der Waals surface area contributed by atoms with Crippen molar-refractivity contribution in [2.75, 3.05) is 51.2 Å². The van der Waals surface area contributed by atoms with Gasteiger partial charge in [-0.25, -0.2) is 9.37 Å². The smallest absolute Gasteiger partial charge is 0.191 e. The van der Waals surface area contributed by atoms with E-state index in [2.05, 4.69) is 32.4 Å². The van der Waals surface area contributed by atoms with E-state index in [1.54, 1.807) is 19.3 Å². The Kier molecular flexibility index (Phi) is 6.66. The highest BCUT2D eigenvalue weighted by Gasteiger charge is 2.26. The molecule has 144 valence electrons. The lowest BCUT2D eigenvalue weighted by Crippen LogP contribution is -2.46. The van der Waals surface area contributed by atoms with Gasteiger partial charge in [-0.3, -0.25) is 4.99 Å². The normalized spacial score (nSPS) is 24.3. The highest BCUT2D eigenvalue weighted by atomic mass is 19.1. The SMILES string of the molecule is CCCN1CCC(CNC(=NC)NC2CCN(c3ncccc3F)C2)C1. The Morgan fingerprint density at radius 2 is 2.23 bits per heavy atom. The summed E-state index contributed by atoms with van der Waals surface area (Å²) in [5, 5.41) is 6.95. The summed E-state index contributed by atoms with van der Waals surface area (Å²) in [5.74, 6) is 1.71. The van der Waals surface area contributed by atoms with Gasteiger partial charge in [0.25, 0.3) is 0 Å². The average Bonchev–Trinajstić information content (AvgIpc) is 3.29. The van der Waals surface area contributed by atoms with Gasteiger partial charge < -0.3 is 20.4 Å². The third kappa shape index (κ3) is 4.84. The molecule has 2 aliphatic heterocycles. The summed E-state index contributed by atoms with van der Waals surface area (Å²) in [6, 6.07) is 3.34. The molecule has 0 aromatic carbocycles. The van der Waals surface area contributed by atoms with E-state index < -0.39 is 0 Å². The maximum Gasteiger partial charge on any atom is 0.191 e. The highest BCUT2D eigenvalue weighted by molar-refractivity contribution is 5.80. The summed E-state index contributed by atoms with van der Waals surface area (Å²) < 4.78 is 13.9. The van der Waals surface area contributed by atoms with Gasteiger partial charge in [-0.1, -0.05) is 6.92 Å². The van der Waals surface area contributed by atoms with Crippen molar-refractivity contribution in [1.29, 1.82) is 0 Å². The van der Waals surface area contributed by atoms with Crippen molar-refractivity contribution in [3.63, 3.8) is 0 Å². The second-order valence-electron chi connectivity index (χ2n) is 7.29. The lowest BCUT2D eigenvalue weighted by Gasteiger charge is -2.21. The number of rotatable bonds is 6. The first kappa shape index (κ1) is 18.9. The number of nitrogens with one attached hydrogen (secondary N) is 2. The molecule has 1 aromatic rings. The van der Waals surface area contributed by atoms with Crippen LogP contribution in [0.4, 0.5) is 10.2 Å². The molecule has 0 aliphatic carbocycles. The average molecular weight is 362 g/mol. The third-order valence-corrected chi connectivity index (χ3v) is 5.26. The van der Waals surface area contributed by atoms with Gasteiger partial charge in [0.1, 0.15) is 0 Å². The van der Waals surface area contributed by atoms with E-state index in [9.17, 15) is 4.39 Å². The monoisotopic (exact) mass is 362 g/mol. The maximum atomic E-state index is 13.9. The number of halogens is 1. The quantitative estimate of drug-likeness (QED) is 0.596. The number of nitrogens with zero attached hydrogens (tertiary/aromatic N) is 4. The Hall–Kier alpha value is -1.89. The largest absolute Gasteiger partial charge is 0.356 e. The third-order valence-electron chi connectivity index (χ3n) is 5.26. The molecular formula is C19H31FN6. The molecule has 1 aromatic heterocycles. The molecule has 26 heavy (non-hydrogen) atoms. The van der Waals surface area contributed by atoms with Crippen LogP contribution in [0.2, 0.25) is 0 Å². The van der Waals surface area contributed by atoms with Crippen LogP contribution in [-0.4, -0.2) is 68.2 Å². The summed E-state index contributed by atoms with van der Waals surface area (Å²) >= 11 is 0. The zero-order chi connectivity index (χ0) is 18.4. The lowest BCUT2D eigenvalue weighted by molar-refractivity contribution is 0.324. The minimum absolute atomic E-state index is 0.253. The summed E-state index contributed by atoms with van der Waals surface area (Å²) in [6.45, 7) is 8.31. The molecular weight excluding hydrogens is 331 g/mol. The Morgan fingerprint density at radius 1 is 1.35 bits per heavy atom. The van der Waals surface area contributed by atoms with Gasteiger partial charge >= 0.3 is 0 Å². The predicted molar refractivity (Wildman–Crippen MR) is 104 cm³/mol. The minimum Gasteiger partial charge on any atom is -0.356 e. The van der Waals surface area contributed by atoms with E-state index in [4.69, 9.17) is 0 Å². The van der Waals surface area contributed by atoms with E-state index in [1.807, 2.05) is 4.90 Å². The number of pyridine rings is 1. The van der Waals surface area contributed by atoms with E-state index in [0.29, 0.717) is 11.7 Å². The zero-order valence-corrected chi connectivity index (χ0v) is 15.9. The van der Waals surface area contributed by atoms with Crippen molar-refractivity contribution >= 4 is 11.8 Å². The van der Waals surface area contributed by atoms with Crippen molar-refractivity contribution in [3.05, 3.63) is 24.1 Å². The lowest BCUT2D eigenvalue weighted by atomic mass is 10.1. The van der Waals surface area contributed by atoms with E-state index in [-0.39, 0.29) is 11.9 Å². The van der Waals surface area contributed by atoms with Crippen LogP contribution in [0.3, 0.4) is 0 Å². The van der Waals surface area contributed by atoms with Crippen molar-refractivity contribution in [2.45, 2.75) is 32.2 Å². The molecule has 6 nitrogen and oxygen atoms in total. The topological polar surface area (TPSA) is 55.8 Å². The molecule has 2 N–H and O–H groups in total. The number of likely N-dealkylation sites (tertiary alicyclic amines) is 1. The van der Waals surface area contributed by atoms with E-state index >= 15 is 0 Å². The second-order valence-corrected chi connectivity index (χ2v) is 7.29. The number of guanidine groups is 1. The van der Waals surface area contributed by atoms with Crippen LogP contribution in [0.1, 0.15) is 26.2 Å². The standard InChI is InChI=1S/C19H31FN6/c1-3-9-25-10-6-15(13-25)12-23-19(21-2)24-16-7-11-26(14-16)18-17(20)5-4-8-22-18/h4-5,8,15-16H,3,6-7,9-14H2,1-2H3,(H2,21,23,24). The highest BCUT2D eigenvalue weighted by Crippen LogP contribution is 2.20. The molecule has 0 amide bonds. The summed E-state index contributed by atoms with van der Waals surface area (Å²) in [5.41, 5.74) is 0. The van der Waals surface area contributed by atoms with Crippen LogP contribution in [0, 0.1) is 11.7 Å². The summed E-state index contributed by atoms with van der Waals surface area (Å²) in [7, 11) is 1.80. The molecule has 3 heterocycles. The fourth-order valence-electron chi connectivity index (χ4n) is 3.91. The predicted octanol–water partition coefficient (Wildman–Crippen LogP) is 1.70. The molecule has 2 atom stereocenters. The molecule has 0 bridgehead atoms. The Balaban J connectivity index is 1.44. The number of anilines is 1. The van der Waals surface area contributed by atoms with Crippen molar-refractivity contribution in [1.82, 2.24) is 20.5 Å². The number of hydrogen-bond acceptors (Lipinski definition) is 4. The molecule has 3 rings (SSSR count). The van der Waals surface area contributed by atoms with Gasteiger partial charge in [-0.05, 0) is 50.4 Å². The number of aromatic nitrogens is 1. The van der Waals surface area contributed by atoms with Crippen LogP contribution in [0.5, 0.6) is 0 Å². The molecule has 2 saturated heterocycles. The Labute approximate surface area is 155 Å². The van der Waals surface area contributed by atoms with Crippen LogP contribution in [0.25, 0.3) is 0 Å². The Bertz CT molecular complexity index is 607. The van der Waals surface area contributed by atoms with Crippen LogP contribution in [0.15, 0.2) is 23.3 Å². The summed E-state index contributed by atoms with van der Waals surface area (Å²) in [6.07, 6.45) is 5.06. The van der Waals surface area contributed by atoms with Gasteiger partial charge in [0.15, 0.2) is 17.6 Å². The number of hydrogen-bond donors (Lipinski definition) is 2. The minimum atomic E-state index is -0.256. The first-order valence-electron chi connectivity index (χ1n) is 9.74. The molecule has 0 saturated carbocycles. The van der Waals surface area contributed by atoms with Crippen LogP contribution in [-0.2, 0) is 0 Å². The number of aliphatic imine (C=N–C) groups is 1. The fourth-order valence-corrected chi connectivity index (χ4v) is 3.91. The van der Waals surface area contributed by atoms with Crippen LogP contribution < -0.4 is 15.5 Å².